The summed E-state index contributed by atoms with van der Waals surface area (Å²) in [6, 6.07) is 5.97. The second kappa shape index (κ2) is 7.93. The summed E-state index contributed by atoms with van der Waals surface area (Å²) >= 11 is 3.48. The van der Waals surface area contributed by atoms with Crippen LogP contribution in [0.4, 0.5) is 0 Å². The lowest BCUT2D eigenvalue weighted by Gasteiger charge is -2.25. The number of carbonyl (C=O) groups excluding carboxylic acids is 1. The molecule has 0 saturated carbocycles. The minimum Gasteiger partial charge on any atom is -0.480 e. The molecule has 0 spiro atoms. The Bertz CT molecular complexity index is 591. The van der Waals surface area contributed by atoms with Gasteiger partial charge in [0.2, 0.25) is 0 Å². The summed E-state index contributed by atoms with van der Waals surface area (Å²) in [5, 5.41) is 8.92. The van der Waals surface area contributed by atoms with Gasteiger partial charge in [0.25, 0.3) is 5.91 Å². The first-order valence-electron chi connectivity index (χ1n) is 7.86. The van der Waals surface area contributed by atoms with Gasteiger partial charge in [-0.2, -0.15) is 0 Å². The SMILES string of the molecule is Cc1ccc(C(=O)N2CCCC(N(C)CC(=O)O)CC2)c(Br)c1. The molecule has 6 heteroatoms. The first kappa shape index (κ1) is 17.9. The number of hydrogen-bond acceptors (Lipinski definition) is 3. The molecule has 0 radical (unpaired) electrons. The van der Waals surface area contributed by atoms with Gasteiger partial charge in [0.15, 0.2) is 0 Å². The zero-order valence-electron chi connectivity index (χ0n) is 13.6. The molecule has 126 valence electrons. The zero-order valence-corrected chi connectivity index (χ0v) is 15.2. The molecule has 1 heterocycles. The number of benzene rings is 1. The fourth-order valence-electron chi connectivity index (χ4n) is 3.03. The van der Waals surface area contributed by atoms with E-state index in [2.05, 4.69) is 15.9 Å². The number of aliphatic carboxylic acids is 1. The normalized spacial score (nSPS) is 18.8. The molecule has 1 amide bonds. The van der Waals surface area contributed by atoms with Gasteiger partial charge in [-0.15, -0.1) is 0 Å². The van der Waals surface area contributed by atoms with Crippen molar-refractivity contribution in [2.24, 2.45) is 0 Å². The fourth-order valence-corrected chi connectivity index (χ4v) is 3.69. The van der Waals surface area contributed by atoms with Crippen molar-refractivity contribution >= 4 is 27.8 Å². The highest BCUT2D eigenvalue weighted by Crippen LogP contribution is 2.22. The maximum absolute atomic E-state index is 12.7. The summed E-state index contributed by atoms with van der Waals surface area (Å²) in [5.74, 6) is -0.772. The molecule has 2 rings (SSSR count). The van der Waals surface area contributed by atoms with Crippen LogP contribution in [0.25, 0.3) is 0 Å². The quantitative estimate of drug-likeness (QED) is 0.869. The topological polar surface area (TPSA) is 60.9 Å². The van der Waals surface area contributed by atoms with E-state index in [0.29, 0.717) is 12.1 Å². The van der Waals surface area contributed by atoms with Crippen molar-refractivity contribution in [1.29, 1.82) is 0 Å². The molecule has 1 N–H and O–H groups in total. The number of halogens is 1. The van der Waals surface area contributed by atoms with Crippen LogP contribution in [0.1, 0.15) is 35.2 Å². The van der Waals surface area contributed by atoms with E-state index in [0.717, 1.165) is 35.8 Å². The lowest BCUT2D eigenvalue weighted by molar-refractivity contribution is -0.138. The number of hydrogen-bond donors (Lipinski definition) is 1. The minimum atomic E-state index is -0.812. The number of aryl methyl sites for hydroxylation is 1. The summed E-state index contributed by atoms with van der Waals surface area (Å²) < 4.78 is 0.825. The van der Waals surface area contributed by atoms with Crippen LogP contribution in [0.15, 0.2) is 22.7 Å². The van der Waals surface area contributed by atoms with Crippen molar-refractivity contribution in [2.45, 2.75) is 32.2 Å². The van der Waals surface area contributed by atoms with Gasteiger partial charge in [0.05, 0.1) is 12.1 Å². The zero-order chi connectivity index (χ0) is 17.0. The van der Waals surface area contributed by atoms with Crippen molar-refractivity contribution in [3.8, 4) is 0 Å². The number of nitrogens with zero attached hydrogens (tertiary/aromatic N) is 2. The third-order valence-corrected chi connectivity index (χ3v) is 5.00. The molecule has 1 aliphatic heterocycles. The molecule has 1 atom stereocenters. The largest absolute Gasteiger partial charge is 0.480 e. The lowest BCUT2D eigenvalue weighted by atomic mass is 10.1. The third kappa shape index (κ3) is 4.78. The molecule has 1 aromatic rings. The molecule has 1 unspecified atom stereocenters. The maximum Gasteiger partial charge on any atom is 0.317 e. The monoisotopic (exact) mass is 382 g/mol. The average Bonchev–Trinajstić information content (AvgIpc) is 2.71. The lowest BCUT2D eigenvalue weighted by Crippen LogP contribution is -2.37. The molecule has 1 aliphatic rings. The Morgan fingerprint density at radius 2 is 2.09 bits per heavy atom. The Morgan fingerprint density at radius 1 is 1.35 bits per heavy atom. The van der Waals surface area contributed by atoms with Crippen LogP contribution >= 0.6 is 15.9 Å². The molecule has 0 bridgehead atoms. The first-order chi connectivity index (χ1) is 10.9. The van der Waals surface area contributed by atoms with E-state index in [9.17, 15) is 9.59 Å². The van der Waals surface area contributed by atoms with E-state index in [4.69, 9.17) is 5.11 Å². The third-order valence-electron chi connectivity index (χ3n) is 4.35. The smallest absolute Gasteiger partial charge is 0.317 e. The number of carboxylic acid groups (broad SMARTS) is 1. The predicted molar refractivity (Wildman–Crippen MR) is 92.7 cm³/mol. The number of carboxylic acids is 1. The molecule has 0 aliphatic carbocycles. The Kier molecular flexibility index (Phi) is 6.18. The fraction of sp³-hybridized carbons (Fsp3) is 0.529. The van der Waals surface area contributed by atoms with E-state index >= 15 is 0 Å². The first-order valence-corrected chi connectivity index (χ1v) is 8.65. The van der Waals surface area contributed by atoms with Gasteiger partial charge in [0.1, 0.15) is 0 Å². The molecule has 23 heavy (non-hydrogen) atoms. The number of likely N-dealkylation sites (N-methyl/N-ethyl adjacent to an activating group) is 1. The number of carbonyl (C=O) groups is 2. The van der Waals surface area contributed by atoms with Crippen LogP contribution in [0.2, 0.25) is 0 Å². The van der Waals surface area contributed by atoms with E-state index in [1.54, 1.807) is 0 Å². The van der Waals surface area contributed by atoms with E-state index in [1.165, 1.54) is 0 Å². The molecule has 0 aromatic heterocycles. The van der Waals surface area contributed by atoms with Crippen molar-refractivity contribution in [1.82, 2.24) is 9.80 Å². The number of rotatable bonds is 4. The predicted octanol–water partition coefficient (Wildman–Crippen LogP) is 2.77. The van der Waals surface area contributed by atoms with Crippen LogP contribution in [-0.2, 0) is 4.79 Å². The summed E-state index contributed by atoms with van der Waals surface area (Å²) in [7, 11) is 1.84. The van der Waals surface area contributed by atoms with Gasteiger partial charge in [-0.25, -0.2) is 0 Å². The van der Waals surface area contributed by atoms with Crippen molar-refractivity contribution in [2.75, 3.05) is 26.7 Å². The Hall–Kier alpha value is -1.40. The Labute approximate surface area is 145 Å². The number of amides is 1. The van der Waals surface area contributed by atoms with Crippen molar-refractivity contribution < 1.29 is 14.7 Å². The van der Waals surface area contributed by atoms with Crippen LogP contribution in [0, 0.1) is 6.92 Å². The summed E-state index contributed by atoms with van der Waals surface area (Å²) in [5.41, 5.74) is 1.80. The average molecular weight is 383 g/mol. The highest BCUT2D eigenvalue weighted by molar-refractivity contribution is 9.10. The molecular formula is C17H23BrN2O3. The summed E-state index contributed by atoms with van der Waals surface area (Å²) in [6.45, 7) is 3.42. The van der Waals surface area contributed by atoms with E-state index in [1.807, 2.05) is 42.0 Å². The van der Waals surface area contributed by atoms with Crippen molar-refractivity contribution in [3.05, 3.63) is 33.8 Å². The van der Waals surface area contributed by atoms with E-state index in [-0.39, 0.29) is 18.5 Å². The Morgan fingerprint density at radius 3 is 2.74 bits per heavy atom. The van der Waals surface area contributed by atoms with Gasteiger partial charge in [-0.3, -0.25) is 14.5 Å². The van der Waals surface area contributed by atoms with Gasteiger partial charge < -0.3 is 10.0 Å². The van der Waals surface area contributed by atoms with Gasteiger partial charge in [-0.1, -0.05) is 6.07 Å². The molecule has 1 fully saturated rings. The second-order valence-electron chi connectivity index (χ2n) is 6.17. The molecular weight excluding hydrogens is 360 g/mol. The van der Waals surface area contributed by atoms with Crippen LogP contribution in [0.5, 0.6) is 0 Å². The van der Waals surface area contributed by atoms with E-state index < -0.39 is 5.97 Å². The van der Waals surface area contributed by atoms with Crippen molar-refractivity contribution in [3.63, 3.8) is 0 Å². The summed E-state index contributed by atoms with van der Waals surface area (Å²) in [6.07, 6.45) is 2.62. The Balaban J connectivity index is 2.02. The number of likely N-dealkylation sites (tertiary alicyclic amines) is 1. The second-order valence-corrected chi connectivity index (χ2v) is 7.02. The minimum absolute atomic E-state index is 0.0402. The van der Waals surface area contributed by atoms with Gasteiger partial charge >= 0.3 is 5.97 Å². The molecule has 1 aromatic carbocycles. The maximum atomic E-state index is 12.7. The van der Waals surface area contributed by atoms with Gasteiger partial charge in [0, 0.05) is 23.6 Å². The molecule has 1 saturated heterocycles. The van der Waals surface area contributed by atoms with Gasteiger partial charge in [-0.05, 0) is 66.9 Å². The van der Waals surface area contributed by atoms with Crippen LogP contribution in [-0.4, -0.2) is 59.5 Å². The van der Waals surface area contributed by atoms with Crippen LogP contribution in [0.3, 0.4) is 0 Å². The highest BCUT2D eigenvalue weighted by Gasteiger charge is 2.25. The summed E-state index contributed by atoms with van der Waals surface area (Å²) in [4.78, 5) is 27.3. The molecule has 5 nitrogen and oxygen atoms in total. The van der Waals surface area contributed by atoms with Crippen LogP contribution < -0.4 is 0 Å². The standard InChI is InChI=1S/C17H23BrN2O3/c1-12-5-6-14(15(18)10-12)17(23)20-8-3-4-13(7-9-20)19(2)11-16(21)22/h5-6,10,13H,3-4,7-9,11H2,1-2H3,(H,21,22). The highest BCUT2D eigenvalue weighted by atomic mass is 79.9.